The van der Waals surface area contributed by atoms with Crippen molar-refractivity contribution < 1.29 is 9.90 Å². The third kappa shape index (κ3) is 2.50. The van der Waals surface area contributed by atoms with Crippen LogP contribution in [0.3, 0.4) is 0 Å². The zero-order valence-electron chi connectivity index (χ0n) is 12.1. The van der Waals surface area contributed by atoms with Gasteiger partial charge in [-0.2, -0.15) is 0 Å². The van der Waals surface area contributed by atoms with Crippen molar-refractivity contribution in [2.75, 3.05) is 0 Å². The molecule has 0 spiro atoms. The van der Waals surface area contributed by atoms with Crippen molar-refractivity contribution in [1.82, 2.24) is 20.3 Å². The molecule has 0 aliphatic heterocycles. The van der Waals surface area contributed by atoms with E-state index in [0.717, 1.165) is 29.7 Å². The number of nitrogens with zero attached hydrogens (tertiary/aromatic N) is 3. The maximum Gasteiger partial charge on any atom is 0.242 e. The van der Waals surface area contributed by atoms with Gasteiger partial charge in [-0.3, -0.25) is 4.79 Å². The quantitative estimate of drug-likeness (QED) is 0.880. The van der Waals surface area contributed by atoms with Gasteiger partial charge >= 0.3 is 0 Å². The molecule has 1 heterocycles. The largest absolute Gasteiger partial charge is 0.390 e. The van der Waals surface area contributed by atoms with Crippen molar-refractivity contribution in [1.29, 1.82) is 0 Å². The predicted molar refractivity (Wildman–Crippen MR) is 79.0 cm³/mol. The van der Waals surface area contributed by atoms with E-state index in [0.29, 0.717) is 12.3 Å². The first-order valence-electron chi connectivity index (χ1n) is 7.66. The van der Waals surface area contributed by atoms with Gasteiger partial charge in [0.25, 0.3) is 0 Å². The number of fused-ring (bicyclic) bond motifs is 1. The Morgan fingerprint density at radius 2 is 2.18 bits per heavy atom. The zero-order valence-corrected chi connectivity index (χ0v) is 12.1. The standard InChI is InChI=1S/C16H18N4O2/c21-14-7-11-3-1-2-4-12(11)16(14)17-15(22)9-20-8-13(18-19-20)10-5-6-10/h1-4,8,10,14,16,21H,5-7,9H2,(H,17,22)/t14-,16+/m1/s1. The van der Waals surface area contributed by atoms with Crippen LogP contribution in [0.15, 0.2) is 30.5 Å². The molecule has 0 radical (unpaired) electrons. The van der Waals surface area contributed by atoms with Crippen LogP contribution in [0.2, 0.25) is 0 Å². The molecule has 2 aliphatic carbocycles. The summed E-state index contributed by atoms with van der Waals surface area (Å²) in [6.07, 6.45) is 4.18. The Kier molecular flexibility index (Phi) is 3.18. The van der Waals surface area contributed by atoms with Gasteiger partial charge in [0.05, 0.1) is 17.8 Å². The Bertz CT molecular complexity index is 708. The van der Waals surface area contributed by atoms with Crippen molar-refractivity contribution in [3.63, 3.8) is 0 Å². The van der Waals surface area contributed by atoms with Crippen LogP contribution in [0, 0.1) is 0 Å². The number of aliphatic hydroxyl groups excluding tert-OH is 1. The minimum absolute atomic E-state index is 0.130. The van der Waals surface area contributed by atoms with Crippen LogP contribution in [0.1, 0.15) is 41.6 Å². The summed E-state index contributed by atoms with van der Waals surface area (Å²) in [6, 6.07) is 7.48. The average Bonchev–Trinajstić information content (AvgIpc) is 3.18. The third-order valence-corrected chi connectivity index (χ3v) is 4.38. The van der Waals surface area contributed by atoms with Crippen LogP contribution in [0.25, 0.3) is 0 Å². The summed E-state index contributed by atoms with van der Waals surface area (Å²) in [7, 11) is 0. The zero-order chi connectivity index (χ0) is 15.1. The fourth-order valence-corrected chi connectivity index (χ4v) is 3.07. The number of amides is 1. The molecule has 4 rings (SSSR count). The minimum atomic E-state index is -0.570. The van der Waals surface area contributed by atoms with Gasteiger partial charge in [0.1, 0.15) is 6.54 Å². The predicted octanol–water partition coefficient (Wildman–Crippen LogP) is 0.930. The first kappa shape index (κ1) is 13.5. The molecule has 1 saturated carbocycles. The first-order valence-corrected chi connectivity index (χ1v) is 7.66. The summed E-state index contributed by atoms with van der Waals surface area (Å²) in [5.41, 5.74) is 3.07. The fraction of sp³-hybridized carbons (Fsp3) is 0.438. The molecule has 2 aromatic rings. The van der Waals surface area contributed by atoms with Crippen molar-refractivity contribution in [2.24, 2.45) is 0 Å². The fourth-order valence-electron chi connectivity index (χ4n) is 3.07. The van der Waals surface area contributed by atoms with Crippen molar-refractivity contribution in [3.8, 4) is 0 Å². The number of hydrogen-bond acceptors (Lipinski definition) is 4. The van der Waals surface area contributed by atoms with Crippen LogP contribution in [-0.2, 0) is 17.8 Å². The SMILES string of the molecule is O=C(Cn1cc(C2CC2)nn1)N[C@H]1c2ccccc2C[C@H]1O. The highest BCUT2D eigenvalue weighted by molar-refractivity contribution is 5.76. The number of hydrogen-bond donors (Lipinski definition) is 2. The van der Waals surface area contributed by atoms with Crippen molar-refractivity contribution >= 4 is 5.91 Å². The molecule has 1 amide bonds. The molecule has 114 valence electrons. The van der Waals surface area contributed by atoms with Gasteiger partial charge in [-0.15, -0.1) is 5.10 Å². The second-order valence-electron chi connectivity index (χ2n) is 6.13. The van der Waals surface area contributed by atoms with E-state index in [1.807, 2.05) is 30.5 Å². The van der Waals surface area contributed by atoms with Crippen molar-refractivity contribution in [3.05, 3.63) is 47.3 Å². The summed E-state index contributed by atoms with van der Waals surface area (Å²) < 4.78 is 1.57. The van der Waals surface area contributed by atoms with E-state index in [2.05, 4.69) is 15.6 Å². The van der Waals surface area contributed by atoms with Crippen LogP contribution in [0.4, 0.5) is 0 Å². The van der Waals surface area contributed by atoms with E-state index in [-0.39, 0.29) is 18.5 Å². The van der Waals surface area contributed by atoms with Gasteiger partial charge in [-0.25, -0.2) is 4.68 Å². The summed E-state index contributed by atoms with van der Waals surface area (Å²) in [4.78, 5) is 12.2. The van der Waals surface area contributed by atoms with Crippen LogP contribution in [0.5, 0.6) is 0 Å². The van der Waals surface area contributed by atoms with E-state index >= 15 is 0 Å². The second kappa shape index (κ2) is 5.21. The number of carbonyl (C=O) groups excluding carboxylic acids is 1. The van der Waals surface area contributed by atoms with E-state index < -0.39 is 6.10 Å². The number of nitrogens with one attached hydrogen (secondary N) is 1. The third-order valence-electron chi connectivity index (χ3n) is 4.38. The Hall–Kier alpha value is -2.21. The van der Waals surface area contributed by atoms with Gasteiger partial charge in [-0.05, 0) is 24.0 Å². The lowest BCUT2D eigenvalue weighted by molar-refractivity contribution is -0.123. The average molecular weight is 298 g/mol. The number of aliphatic hydroxyl groups is 1. The molecule has 1 aromatic carbocycles. The van der Waals surface area contributed by atoms with Crippen LogP contribution in [-0.4, -0.2) is 32.1 Å². The summed E-state index contributed by atoms with van der Waals surface area (Å²) in [6.45, 7) is 0.130. The molecule has 0 saturated heterocycles. The highest BCUT2D eigenvalue weighted by Crippen LogP contribution is 2.38. The highest BCUT2D eigenvalue weighted by Gasteiger charge is 2.32. The van der Waals surface area contributed by atoms with E-state index in [4.69, 9.17) is 0 Å². The Morgan fingerprint density at radius 3 is 3.00 bits per heavy atom. The Labute approximate surface area is 128 Å². The van der Waals surface area contributed by atoms with E-state index in [1.165, 1.54) is 0 Å². The molecule has 1 aromatic heterocycles. The smallest absolute Gasteiger partial charge is 0.242 e. The topological polar surface area (TPSA) is 80.0 Å². The Balaban J connectivity index is 1.43. The maximum atomic E-state index is 12.2. The monoisotopic (exact) mass is 298 g/mol. The van der Waals surface area contributed by atoms with Gasteiger partial charge in [0.2, 0.25) is 5.91 Å². The van der Waals surface area contributed by atoms with E-state index in [9.17, 15) is 9.90 Å². The number of benzene rings is 1. The molecular formula is C16H18N4O2. The number of aromatic nitrogens is 3. The molecule has 1 fully saturated rings. The van der Waals surface area contributed by atoms with Crippen molar-refractivity contribution in [2.45, 2.75) is 43.9 Å². The summed E-state index contributed by atoms with van der Waals surface area (Å²) in [5, 5.41) is 21.2. The lowest BCUT2D eigenvalue weighted by atomic mass is 10.1. The molecule has 22 heavy (non-hydrogen) atoms. The highest BCUT2D eigenvalue weighted by atomic mass is 16.3. The molecule has 2 N–H and O–H groups in total. The number of rotatable bonds is 4. The van der Waals surface area contributed by atoms with E-state index in [1.54, 1.807) is 4.68 Å². The summed E-state index contributed by atoms with van der Waals surface area (Å²) >= 11 is 0. The maximum absolute atomic E-state index is 12.2. The molecule has 0 bridgehead atoms. The van der Waals surface area contributed by atoms with Gasteiger partial charge in [-0.1, -0.05) is 29.5 Å². The molecule has 6 heteroatoms. The lowest BCUT2D eigenvalue weighted by Crippen LogP contribution is -2.36. The van der Waals surface area contributed by atoms with Crippen LogP contribution < -0.4 is 5.32 Å². The molecule has 2 atom stereocenters. The minimum Gasteiger partial charge on any atom is -0.390 e. The Morgan fingerprint density at radius 1 is 1.36 bits per heavy atom. The normalized spacial score (nSPS) is 23.3. The number of carbonyl (C=O) groups is 1. The van der Waals surface area contributed by atoms with Gasteiger partial charge in [0.15, 0.2) is 0 Å². The molecule has 0 unspecified atom stereocenters. The van der Waals surface area contributed by atoms with Gasteiger partial charge < -0.3 is 10.4 Å². The van der Waals surface area contributed by atoms with Gasteiger partial charge in [0, 0.05) is 18.5 Å². The molecule has 2 aliphatic rings. The first-order chi connectivity index (χ1) is 10.7. The second-order valence-corrected chi connectivity index (χ2v) is 6.13. The summed E-state index contributed by atoms with van der Waals surface area (Å²) in [5.74, 6) is 0.369. The lowest BCUT2D eigenvalue weighted by Gasteiger charge is -2.17. The van der Waals surface area contributed by atoms with Crippen LogP contribution >= 0.6 is 0 Å². The molecule has 6 nitrogen and oxygen atoms in total. The molecular weight excluding hydrogens is 280 g/mol.